The first kappa shape index (κ1) is 11.9. The highest BCUT2D eigenvalue weighted by Gasteiger charge is 2.14. The van der Waals surface area contributed by atoms with Gasteiger partial charge in [0.05, 0.1) is 0 Å². The molecule has 0 amide bonds. The summed E-state index contributed by atoms with van der Waals surface area (Å²) in [7, 11) is 0. The lowest BCUT2D eigenvalue weighted by Gasteiger charge is -2.20. The van der Waals surface area contributed by atoms with Crippen molar-refractivity contribution in [3.05, 3.63) is 29.8 Å². The molecule has 0 radical (unpaired) electrons. The third-order valence-corrected chi connectivity index (χ3v) is 2.28. The van der Waals surface area contributed by atoms with Gasteiger partial charge < -0.3 is 10.5 Å². The van der Waals surface area contributed by atoms with Crippen molar-refractivity contribution in [2.45, 2.75) is 32.4 Å². The molecule has 0 saturated heterocycles. The van der Waals surface area contributed by atoms with Gasteiger partial charge in [0.15, 0.2) is 11.6 Å². The highest BCUT2D eigenvalue weighted by atomic mass is 19.1. The van der Waals surface area contributed by atoms with E-state index in [0.717, 1.165) is 24.6 Å². The van der Waals surface area contributed by atoms with Crippen LogP contribution in [0.15, 0.2) is 18.2 Å². The Balaban J connectivity index is 2.75. The lowest BCUT2D eigenvalue weighted by atomic mass is 10.1. The molecule has 15 heavy (non-hydrogen) atoms. The van der Waals surface area contributed by atoms with E-state index in [-0.39, 0.29) is 17.9 Å². The Bertz CT molecular complexity index is 330. The summed E-state index contributed by atoms with van der Waals surface area (Å²) >= 11 is 0. The molecule has 0 aliphatic rings. The molecule has 0 saturated carbocycles. The number of benzene rings is 1. The molecule has 2 unspecified atom stereocenters. The van der Waals surface area contributed by atoms with E-state index in [1.807, 2.05) is 6.92 Å². The number of nitrogens with two attached hydrogens (primary N) is 1. The highest BCUT2D eigenvalue weighted by Crippen LogP contribution is 2.20. The van der Waals surface area contributed by atoms with Crippen molar-refractivity contribution in [1.29, 1.82) is 0 Å². The van der Waals surface area contributed by atoms with Crippen LogP contribution in [-0.2, 0) is 0 Å². The van der Waals surface area contributed by atoms with Gasteiger partial charge in [-0.3, -0.25) is 0 Å². The Morgan fingerprint density at radius 2 is 2.07 bits per heavy atom. The zero-order chi connectivity index (χ0) is 11.4. The van der Waals surface area contributed by atoms with Gasteiger partial charge >= 0.3 is 0 Å². The van der Waals surface area contributed by atoms with Crippen LogP contribution in [0.1, 0.15) is 20.3 Å². The molecule has 0 bridgehead atoms. The maximum atomic E-state index is 13.2. The number of halogens is 2. The number of hydrogen-bond donors (Lipinski definition) is 1. The van der Waals surface area contributed by atoms with E-state index in [0.29, 0.717) is 0 Å². The Morgan fingerprint density at radius 1 is 1.40 bits per heavy atom. The summed E-state index contributed by atoms with van der Waals surface area (Å²) in [6.45, 7) is 3.64. The third-order valence-electron chi connectivity index (χ3n) is 2.28. The van der Waals surface area contributed by atoms with Gasteiger partial charge in [-0.25, -0.2) is 8.78 Å². The van der Waals surface area contributed by atoms with Gasteiger partial charge in [-0.15, -0.1) is 0 Å². The second-order valence-electron chi connectivity index (χ2n) is 3.47. The Morgan fingerprint density at radius 3 is 2.67 bits per heavy atom. The molecule has 4 heteroatoms. The zero-order valence-electron chi connectivity index (χ0n) is 8.84. The van der Waals surface area contributed by atoms with Crippen LogP contribution in [0.25, 0.3) is 0 Å². The molecule has 2 nitrogen and oxygen atoms in total. The number of hydrogen-bond acceptors (Lipinski definition) is 2. The first-order valence-corrected chi connectivity index (χ1v) is 4.92. The maximum absolute atomic E-state index is 13.2. The van der Waals surface area contributed by atoms with Crippen LogP contribution >= 0.6 is 0 Å². The highest BCUT2D eigenvalue weighted by molar-refractivity contribution is 5.25. The minimum Gasteiger partial charge on any atom is -0.486 e. The van der Waals surface area contributed by atoms with Crippen molar-refractivity contribution in [1.82, 2.24) is 0 Å². The van der Waals surface area contributed by atoms with E-state index < -0.39 is 11.6 Å². The molecule has 0 aromatic heterocycles. The molecule has 1 aromatic carbocycles. The van der Waals surface area contributed by atoms with Crippen molar-refractivity contribution < 1.29 is 13.5 Å². The second kappa shape index (κ2) is 5.07. The van der Waals surface area contributed by atoms with E-state index in [1.54, 1.807) is 6.92 Å². The fraction of sp³-hybridized carbons (Fsp3) is 0.455. The zero-order valence-corrected chi connectivity index (χ0v) is 8.84. The average Bonchev–Trinajstić information content (AvgIpc) is 2.22. The third kappa shape index (κ3) is 3.16. The molecule has 1 aromatic rings. The van der Waals surface area contributed by atoms with Gasteiger partial charge in [0.2, 0.25) is 0 Å². The molecular weight excluding hydrogens is 200 g/mol. The predicted molar refractivity (Wildman–Crippen MR) is 54.7 cm³/mol. The minimum absolute atomic E-state index is 0.0913. The fourth-order valence-corrected chi connectivity index (χ4v) is 1.19. The number of rotatable bonds is 4. The van der Waals surface area contributed by atoms with E-state index in [2.05, 4.69) is 0 Å². The van der Waals surface area contributed by atoms with Crippen LogP contribution in [0, 0.1) is 11.6 Å². The minimum atomic E-state index is -0.577. The van der Waals surface area contributed by atoms with E-state index >= 15 is 0 Å². The van der Waals surface area contributed by atoms with Crippen LogP contribution in [-0.4, -0.2) is 12.1 Å². The molecule has 2 N–H and O–H groups in total. The SMILES string of the molecule is CCC(N)C(C)Oc1cc(F)ccc1F. The summed E-state index contributed by atoms with van der Waals surface area (Å²) in [6, 6.07) is 2.92. The van der Waals surface area contributed by atoms with Gasteiger partial charge in [0, 0.05) is 12.1 Å². The fourth-order valence-electron chi connectivity index (χ4n) is 1.19. The van der Waals surface area contributed by atoms with E-state index in [1.165, 1.54) is 0 Å². The van der Waals surface area contributed by atoms with Crippen molar-refractivity contribution >= 4 is 0 Å². The second-order valence-corrected chi connectivity index (χ2v) is 3.47. The van der Waals surface area contributed by atoms with Gasteiger partial charge in [0.25, 0.3) is 0 Å². The van der Waals surface area contributed by atoms with Crippen molar-refractivity contribution in [3.8, 4) is 5.75 Å². The van der Waals surface area contributed by atoms with Crippen molar-refractivity contribution in [3.63, 3.8) is 0 Å². The standard InChI is InChI=1S/C11H15F2NO/c1-3-10(14)7(2)15-11-6-8(12)4-5-9(11)13/h4-7,10H,3,14H2,1-2H3. The van der Waals surface area contributed by atoms with Gasteiger partial charge in [-0.05, 0) is 25.5 Å². The average molecular weight is 215 g/mol. The molecule has 84 valence electrons. The quantitative estimate of drug-likeness (QED) is 0.837. The maximum Gasteiger partial charge on any atom is 0.165 e. The molecule has 0 aliphatic carbocycles. The number of ether oxygens (including phenoxy) is 1. The molecule has 0 heterocycles. The van der Waals surface area contributed by atoms with Crippen LogP contribution in [0.2, 0.25) is 0 Å². The first-order valence-electron chi connectivity index (χ1n) is 4.92. The topological polar surface area (TPSA) is 35.2 Å². The summed E-state index contributed by atoms with van der Waals surface area (Å²) in [5, 5.41) is 0. The van der Waals surface area contributed by atoms with Gasteiger partial charge in [0.1, 0.15) is 11.9 Å². The summed E-state index contributed by atoms with van der Waals surface area (Å²) in [5.74, 6) is -1.19. The van der Waals surface area contributed by atoms with Gasteiger partial charge in [-0.2, -0.15) is 0 Å². The molecular formula is C11H15F2NO. The van der Waals surface area contributed by atoms with E-state index in [4.69, 9.17) is 10.5 Å². The Kier molecular flexibility index (Phi) is 4.03. The summed E-state index contributed by atoms with van der Waals surface area (Å²) < 4.78 is 31.2. The van der Waals surface area contributed by atoms with Gasteiger partial charge in [-0.1, -0.05) is 6.92 Å². The lowest BCUT2D eigenvalue weighted by molar-refractivity contribution is 0.178. The largest absolute Gasteiger partial charge is 0.486 e. The summed E-state index contributed by atoms with van der Waals surface area (Å²) in [4.78, 5) is 0. The monoisotopic (exact) mass is 215 g/mol. The van der Waals surface area contributed by atoms with E-state index in [9.17, 15) is 8.78 Å². The molecule has 0 fully saturated rings. The molecule has 0 spiro atoms. The smallest absolute Gasteiger partial charge is 0.165 e. The van der Waals surface area contributed by atoms with Crippen LogP contribution in [0.4, 0.5) is 8.78 Å². The first-order chi connectivity index (χ1) is 7.04. The Labute approximate surface area is 88.0 Å². The normalized spacial score (nSPS) is 14.7. The molecule has 2 atom stereocenters. The van der Waals surface area contributed by atoms with Crippen LogP contribution in [0.5, 0.6) is 5.75 Å². The van der Waals surface area contributed by atoms with Crippen molar-refractivity contribution in [2.75, 3.05) is 0 Å². The predicted octanol–water partition coefficient (Wildman–Crippen LogP) is 2.47. The molecule has 1 rings (SSSR count). The Hall–Kier alpha value is -1.16. The summed E-state index contributed by atoms with van der Waals surface area (Å²) in [6.07, 6.45) is 0.379. The van der Waals surface area contributed by atoms with Crippen LogP contribution in [0.3, 0.4) is 0 Å². The summed E-state index contributed by atoms with van der Waals surface area (Å²) in [5.41, 5.74) is 5.71. The lowest BCUT2D eigenvalue weighted by Crippen LogP contribution is -2.36. The van der Waals surface area contributed by atoms with Crippen LogP contribution < -0.4 is 10.5 Å². The van der Waals surface area contributed by atoms with Crippen molar-refractivity contribution in [2.24, 2.45) is 5.73 Å². The molecule has 0 aliphatic heterocycles.